The lowest BCUT2D eigenvalue weighted by atomic mass is 10.0. The van der Waals surface area contributed by atoms with Gasteiger partial charge in [-0.15, -0.1) is 0 Å². The molecule has 0 spiro atoms. The molecule has 0 fully saturated rings. The molecule has 1 heterocycles. The van der Waals surface area contributed by atoms with Crippen molar-refractivity contribution in [3.63, 3.8) is 0 Å². The molecule has 0 atom stereocenters. The summed E-state index contributed by atoms with van der Waals surface area (Å²) in [4.78, 5) is 4.72. The van der Waals surface area contributed by atoms with Crippen LogP contribution >= 0.6 is 11.6 Å². The second-order valence-corrected chi connectivity index (χ2v) is 8.68. The fraction of sp³-hybridized carbons (Fsp3) is 0.267. The van der Waals surface area contributed by atoms with Crippen LogP contribution in [0.3, 0.4) is 0 Å². The number of rotatable bonds is 6. The van der Waals surface area contributed by atoms with Crippen LogP contribution in [0.2, 0.25) is 0 Å². The number of hydrogen-bond donors (Lipinski definition) is 0. The number of hydrogen-bond acceptors (Lipinski definition) is 2. The molecule has 170 valence electrons. The van der Waals surface area contributed by atoms with E-state index in [1.165, 1.54) is 38.4 Å². The number of benzene rings is 4. The maximum Gasteiger partial charge on any atom is 0.125 e. The number of halogens is 1. The van der Waals surface area contributed by atoms with Crippen LogP contribution in [0.5, 0.6) is 0 Å². The molecule has 4 aromatic carbocycles. The zero-order valence-electron chi connectivity index (χ0n) is 19.9. The second-order valence-electron chi connectivity index (χ2n) is 8.32. The monoisotopic (exact) mass is 456 g/mol. The maximum absolute atomic E-state index is 6.75. The molecule has 0 bridgehead atoms. The van der Waals surface area contributed by atoms with E-state index < -0.39 is 0 Å². The third-order valence-corrected chi connectivity index (χ3v) is 6.97. The molecule has 0 amide bonds. The summed E-state index contributed by atoms with van der Waals surface area (Å²) < 4.78 is 0. The lowest BCUT2D eigenvalue weighted by Gasteiger charge is -2.23. The van der Waals surface area contributed by atoms with Gasteiger partial charge in [0.05, 0.1) is 6.67 Å². The van der Waals surface area contributed by atoms with Crippen molar-refractivity contribution in [2.75, 3.05) is 19.8 Å². The molecule has 1 aliphatic heterocycles. The predicted octanol–water partition coefficient (Wildman–Crippen LogP) is 7.81. The highest BCUT2D eigenvalue weighted by Gasteiger charge is 2.24. The van der Waals surface area contributed by atoms with Crippen molar-refractivity contribution in [3.8, 4) is 0 Å². The Labute approximate surface area is 203 Å². The SMILES string of the molecule is CC.CC1=C(Cl)N(CCc2cccc3ccccc23)CN1CCc1cccc2ccccc12. The first-order valence-electron chi connectivity index (χ1n) is 12.0. The molecule has 3 heteroatoms. The van der Waals surface area contributed by atoms with Crippen molar-refractivity contribution < 1.29 is 0 Å². The Hall–Kier alpha value is -2.97. The molecule has 33 heavy (non-hydrogen) atoms. The van der Waals surface area contributed by atoms with E-state index in [1.54, 1.807) is 0 Å². The highest BCUT2D eigenvalue weighted by Crippen LogP contribution is 2.28. The molecule has 0 aromatic heterocycles. The number of nitrogens with zero attached hydrogens (tertiary/aromatic N) is 2. The third kappa shape index (κ3) is 5.02. The quantitative estimate of drug-likeness (QED) is 0.273. The van der Waals surface area contributed by atoms with Crippen LogP contribution in [0.1, 0.15) is 31.9 Å². The molecule has 2 nitrogen and oxygen atoms in total. The first kappa shape index (κ1) is 23.2. The zero-order valence-corrected chi connectivity index (χ0v) is 20.6. The molecule has 5 rings (SSSR count). The highest BCUT2D eigenvalue weighted by molar-refractivity contribution is 6.29. The van der Waals surface area contributed by atoms with Gasteiger partial charge < -0.3 is 9.80 Å². The molecule has 0 saturated heterocycles. The minimum atomic E-state index is 0.861. The lowest BCUT2D eigenvalue weighted by Crippen LogP contribution is -2.30. The molecule has 0 unspecified atom stereocenters. The van der Waals surface area contributed by atoms with Crippen LogP contribution in [0.4, 0.5) is 0 Å². The van der Waals surface area contributed by atoms with Crippen molar-refractivity contribution in [1.82, 2.24) is 9.80 Å². The summed E-state index contributed by atoms with van der Waals surface area (Å²) in [6, 6.07) is 30.4. The fourth-order valence-electron chi connectivity index (χ4n) is 4.67. The van der Waals surface area contributed by atoms with Gasteiger partial charge in [-0.1, -0.05) is 110 Å². The first-order valence-corrected chi connectivity index (χ1v) is 12.4. The van der Waals surface area contributed by atoms with Gasteiger partial charge in [0.15, 0.2) is 0 Å². The number of allylic oxidation sites excluding steroid dienone is 1. The van der Waals surface area contributed by atoms with Crippen LogP contribution in [0.25, 0.3) is 21.5 Å². The van der Waals surface area contributed by atoms with Gasteiger partial charge in [0.2, 0.25) is 0 Å². The molecule has 0 N–H and O–H groups in total. The lowest BCUT2D eigenvalue weighted by molar-refractivity contribution is 0.256. The molecule has 0 saturated carbocycles. The Morgan fingerprint density at radius 1 is 0.636 bits per heavy atom. The van der Waals surface area contributed by atoms with E-state index in [4.69, 9.17) is 11.6 Å². The van der Waals surface area contributed by atoms with Gasteiger partial charge in [-0.2, -0.15) is 0 Å². The summed E-state index contributed by atoms with van der Waals surface area (Å²) >= 11 is 6.75. The Bertz CT molecular complexity index is 1150. The smallest absolute Gasteiger partial charge is 0.125 e. The van der Waals surface area contributed by atoms with E-state index in [2.05, 4.69) is 102 Å². The van der Waals surface area contributed by atoms with E-state index in [0.717, 1.165) is 37.8 Å². The van der Waals surface area contributed by atoms with Crippen LogP contribution in [-0.4, -0.2) is 29.6 Å². The normalized spacial score (nSPS) is 13.6. The van der Waals surface area contributed by atoms with Crippen molar-refractivity contribution in [2.24, 2.45) is 0 Å². The summed E-state index contributed by atoms with van der Waals surface area (Å²) in [6.07, 6.45) is 2.00. The zero-order chi connectivity index (χ0) is 23.2. The van der Waals surface area contributed by atoms with E-state index in [9.17, 15) is 0 Å². The highest BCUT2D eigenvalue weighted by atomic mass is 35.5. The van der Waals surface area contributed by atoms with Crippen molar-refractivity contribution in [2.45, 2.75) is 33.6 Å². The van der Waals surface area contributed by atoms with Gasteiger partial charge in [-0.3, -0.25) is 0 Å². The second kappa shape index (κ2) is 10.8. The van der Waals surface area contributed by atoms with Crippen LogP contribution in [-0.2, 0) is 12.8 Å². The van der Waals surface area contributed by atoms with E-state index in [0.29, 0.717) is 0 Å². The van der Waals surface area contributed by atoms with Gasteiger partial charge in [0.1, 0.15) is 5.16 Å². The van der Waals surface area contributed by atoms with Gasteiger partial charge in [-0.25, -0.2) is 0 Å². The van der Waals surface area contributed by atoms with Crippen molar-refractivity contribution >= 4 is 33.1 Å². The summed E-state index contributed by atoms with van der Waals surface area (Å²) in [7, 11) is 0. The van der Waals surface area contributed by atoms with Gasteiger partial charge in [0.25, 0.3) is 0 Å². The Morgan fingerprint density at radius 2 is 1.09 bits per heavy atom. The summed E-state index contributed by atoms with van der Waals surface area (Å²) in [6.45, 7) is 8.90. The summed E-state index contributed by atoms with van der Waals surface area (Å²) in [5.74, 6) is 0. The Kier molecular flexibility index (Phi) is 7.57. The summed E-state index contributed by atoms with van der Waals surface area (Å²) in [5.41, 5.74) is 3.96. The maximum atomic E-state index is 6.75. The third-order valence-electron chi connectivity index (χ3n) is 6.45. The summed E-state index contributed by atoms with van der Waals surface area (Å²) in [5, 5.41) is 6.19. The van der Waals surface area contributed by atoms with E-state index >= 15 is 0 Å². The fourth-order valence-corrected chi connectivity index (χ4v) is 4.93. The molecule has 4 aromatic rings. The Balaban J connectivity index is 0.00000126. The van der Waals surface area contributed by atoms with Crippen LogP contribution < -0.4 is 0 Å². The van der Waals surface area contributed by atoms with Gasteiger partial charge in [-0.05, 0) is 52.4 Å². The molecule has 1 aliphatic rings. The van der Waals surface area contributed by atoms with E-state index in [1.807, 2.05) is 13.8 Å². The topological polar surface area (TPSA) is 6.48 Å². The number of fused-ring (bicyclic) bond motifs is 2. The largest absolute Gasteiger partial charge is 0.355 e. The standard InChI is InChI=1S/C28H27ClN2.C2H6/c1-21-28(29)31(19-17-25-13-7-11-23-9-3-5-15-27(23)25)20-30(21)18-16-24-12-6-10-22-8-2-4-14-26(22)24;1-2/h2-15H,16-20H2,1H3;1-2H3. The molecule has 0 radical (unpaired) electrons. The molecule has 0 aliphatic carbocycles. The van der Waals surface area contributed by atoms with Gasteiger partial charge in [0, 0.05) is 18.8 Å². The minimum Gasteiger partial charge on any atom is -0.355 e. The minimum absolute atomic E-state index is 0.861. The Morgan fingerprint density at radius 3 is 1.64 bits per heavy atom. The van der Waals surface area contributed by atoms with Crippen LogP contribution in [0, 0.1) is 0 Å². The average molecular weight is 457 g/mol. The average Bonchev–Trinajstić information content (AvgIpc) is 3.15. The molecular weight excluding hydrogens is 424 g/mol. The van der Waals surface area contributed by atoms with Crippen LogP contribution in [0.15, 0.2) is 95.8 Å². The van der Waals surface area contributed by atoms with E-state index in [-0.39, 0.29) is 0 Å². The van der Waals surface area contributed by atoms with Crippen molar-refractivity contribution in [3.05, 3.63) is 107 Å². The van der Waals surface area contributed by atoms with Gasteiger partial charge >= 0.3 is 0 Å². The predicted molar refractivity (Wildman–Crippen MR) is 143 cm³/mol. The first-order chi connectivity index (χ1) is 16.2. The molecular formula is C30H33ClN2. The van der Waals surface area contributed by atoms with Crippen molar-refractivity contribution in [1.29, 1.82) is 0 Å².